The van der Waals surface area contributed by atoms with Gasteiger partial charge in [0.05, 0.1) is 18.4 Å². The number of primary amides is 1. The maximum Gasteiger partial charge on any atom is 0.239 e. The second-order valence-corrected chi connectivity index (χ2v) is 3.92. The number of aryl methyl sites for hydroxylation is 2. The number of ether oxygens (including phenoxy) is 1. The van der Waals surface area contributed by atoms with Gasteiger partial charge in [-0.2, -0.15) is 5.10 Å². The molecule has 1 atom stereocenters. The summed E-state index contributed by atoms with van der Waals surface area (Å²) in [4.78, 5) is 11.5. The molecule has 1 heterocycles. The molecule has 0 aliphatic carbocycles. The predicted molar refractivity (Wildman–Crippen MR) is 64.7 cm³/mol. The van der Waals surface area contributed by atoms with Crippen LogP contribution in [0.1, 0.15) is 30.6 Å². The number of methoxy groups -OCH3 is 1. The third-order valence-electron chi connectivity index (χ3n) is 2.58. The van der Waals surface area contributed by atoms with Crippen molar-refractivity contribution in [1.82, 2.24) is 15.1 Å². The van der Waals surface area contributed by atoms with Gasteiger partial charge in [-0.1, -0.05) is 6.92 Å². The molecular formula is C11H20N4O2. The lowest BCUT2D eigenvalue weighted by Gasteiger charge is -2.16. The number of nitrogens with zero attached hydrogens (tertiary/aromatic N) is 2. The molecule has 0 spiro atoms. The highest BCUT2D eigenvalue weighted by molar-refractivity contribution is 5.82. The predicted octanol–water partition coefficient (Wildman–Crippen LogP) is 0.263. The Morgan fingerprint density at radius 1 is 1.65 bits per heavy atom. The minimum Gasteiger partial charge on any atom is -0.481 e. The van der Waals surface area contributed by atoms with E-state index in [9.17, 15) is 4.79 Å². The van der Waals surface area contributed by atoms with E-state index in [1.807, 2.05) is 13.8 Å². The number of hydrogen-bond acceptors (Lipinski definition) is 4. The topological polar surface area (TPSA) is 82.2 Å². The van der Waals surface area contributed by atoms with E-state index in [0.717, 1.165) is 17.7 Å². The van der Waals surface area contributed by atoms with Crippen LogP contribution in [0.4, 0.5) is 0 Å². The van der Waals surface area contributed by atoms with Gasteiger partial charge in [0.15, 0.2) is 0 Å². The minimum atomic E-state index is -0.557. The fourth-order valence-corrected chi connectivity index (χ4v) is 1.86. The highest BCUT2D eigenvalue weighted by atomic mass is 16.5. The smallest absolute Gasteiger partial charge is 0.239 e. The van der Waals surface area contributed by atoms with Crippen molar-refractivity contribution in [3.63, 3.8) is 0 Å². The van der Waals surface area contributed by atoms with Gasteiger partial charge in [0, 0.05) is 7.05 Å². The van der Waals surface area contributed by atoms with Gasteiger partial charge in [-0.05, 0) is 19.9 Å². The van der Waals surface area contributed by atoms with Gasteiger partial charge in [-0.15, -0.1) is 0 Å². The molecule has 96 valence electrons. The lowest BCUT2D eigenvalue weighted by Crippen LogP contribution is -2.34. The fraction of sp³-hybridized carbons (Fsp3) is 0.636. The molecule has 6 nitrogen and oxygen atoms in total. The molecule has 0 aliphatic rings. The molecule has 0 saturated carbocycles. The SMILES string of the molecule is CCCNC(C(N)=O)c1c(C)nn(C)c1OC. The summed E-state index contributed by atoms with van der Waals surface area (Å²) in [6.45, 7) is 4.57. The number of rotatable bonds is 6. The zero-order chi connectivity index (χ0) is 13.0. The Kier molecular flexibility index (Phi) is 4.51. The zero-order valence-electron chi connectivity index (χ0n) is 10.8. The van der Waals surface area contributed by atoms with Crippen LogP contribution in [0.3, 0.4) is 0 Å². The van der Waals surface area contributed by atoms with Crippen LogP contribution in [0, 0.1) is 6.92 Å². The maximum atomic E-state index is 11.5. The number of hydrogen-bond donors (Lipinski definition) is 2. The number of carbonyl (C=O) groups excluding carboxylic acids is 1. The number of amides is 1. The van der Waals surface area contributed by atoms with Crippen LogP contribution in [-0.4, -0.2) is 29.3 Å². The van der Waals surface area contributed by atoms with E-state index < -0.39 is 11.9 Å². The van der Waals surface area contributed by atoms with Crippen LogP contribution in [0.2, 0.25) is 0 Å². The van der Waals surface area contributed by atoms with Crippen molar-refractivity contribution in [2.24, 2.45) is 12.8 Å². The number of aromatic nitrogens is 2. The van der Waals surface area contributed by atoms with Gasteiger partial charge in [-0.25, -0.2) is 4.68 Å². The van der Waals surface area contributed by atoms with E-state index in [2.05, 4.69) is 10.4 Å². The van der Waals surface area contributed by atoms with Crippen LogP contribution in [0.5, 0.6) is 5.88 Å². The molecule has 1 rings (SSSR count). The summed E-state index contributed by atoms with van der Waals surface area (Å²) in [7, 11) is 3.32. The second-order valence-electron chi connectivity index (χ2n) is 3.92. The Morgan fingerprint density at radius 3 is 2.76 bits per heavy atom. The molecular weight excluding hydrogens is 220 g/mol. The van der Waals surface area contributed by atoms with Gasteiger partial charge >= 0.3 is 0 Å². The third kappa shape index (κ3) is 2.76. The Labute approximate surface area is 101 Å². The van der Waals surface area contributed by atoms with Crippen LogP contribution in [0.25, 0.3) is 0 Å². The summed E-state index contributed by atoms with van der Waals surface area (Å²) in [6.07, 6.45) is 0.922. The van der Waals surface area contributed by atoms with Crippen molar-refractivity contribution in [2.45, 2.75) is 26.3 Å². The average molecular weight is 240 g/mol. The number of nitrogens with one attached hydrogen (secondary N) is 1. The van der Waals surface area contributed by atoms with Crippen molar-refractivity contribution in [2.75, 3.05) is 13.7 Å². The summed E-state index contributed by atoms with van der Waals surface area (Å²) in [5.41, 5.74) is 6.88. The first-order chi connectivity index (χ1) is 8.02. The molecule has 0 saturated heterocycles. The standard InChI is InChI=1S/C11H20N4O2/c1-5-6-13-9(10(12)16)8-7(2)14-15(3)11(8)17-4/h9,13H,5-6H2,1-4H3,(H2,12,16). The van der Waals surface area contributed by atoms with Crippen molar-refractivity contribution in [3.05, 3.63) is 11.3 Å². The molecule has 0 radical (unpaired) electrons. The van der Waals surface area contributed by atoms with Gasteiger partial charge in [0.1, 0.15) is 6.04 Å². The Bertz CT molecular complexity index is 400. The normalized spacial score (nSPS) is 12.5. The molecule has 0 aromatic carbocycles. The molecule has 1 aromatic rings. The van der Waals surface area contributed by atoms with E-state index in [0.29, 0.717) is 12.4 Å². The first kappa shape index (κ1) is 13.5. The maximum absolute atomic E-state index is 11.5. The molecule has 0 fully saturated rings. The molecule has 17 heavy (non-hydrogen) atoms. The first-order valence-electron chi connectivity index (χ1n) is 5.63. The minimum absolute atomic E-state index is 0.423. The van der Waals surface area contributed by atoms with Gasteiger partial charge in [-0.3, -0.25) is 4.79 Å². The number of nitrogens with two attached hydrogens (primary N) is 1. The molecule has 0 aliphatic heterocycles. The summed E-state index contributed by atoms with van der Waals surface area (Å²) < 4.78 is 6.87. The van der Waals surface area contributed by atoms with Crippen LogP contribution >= 0.6 is 0 Å². The van der Waals surface area contributed by atoms with Crippen molar-refractivity contribution >= 4 is 5.91 Å². The molecule has 1 aromatic heterocycles. The van der Waals surface area contributed by atoms with Gasteiger partial charge in [0.2, 0.25) is 11.8 Å². The Morgan fingerprint density at radius 2 is 2.29 bits per heavy atom. The van der Waals surface area contributed by atoms with E-state index in [-0.39, 0.29) is 0 Å². The van der Waals surface area contributed by atoms with Crippen LogP contribution in [-0.2, 0) is 11.8 Å². The van der Waals surface area contributed by atoms with E-state index in [1.165, 1.54) is 0 Å². The lowest BCUT2D eigenvalue weighted by molar-refractivity contribution is -0.120. The zero-order valence-corrected chi connectivity index (χ0v) is 10.8. The van der Waals surface area contributed by atoms with Gasteiger partial charge in [0.25, 0.3) is 0 Å². The Balaban J connectivity index is 3.12. The van der Waals surface area contributed by atoms with E-state index >= 15 is 0 Å². The van der Waals surface area contributed by atoms with Crippen LogP contribution in [0.15, 0.2) is 0 Å². The second kappa shape index (κ2) is 5.67. The van der Waals surface area contributed by atoms with E-state index in [1.54, 1.807) is 18.8 Å². The molecule has 0 bridgehead atoms. The fourth-order valence-electron chi connectivity index (χ4n) is 1.86. The van der Waals surface area contributed by atoms with Crippen molar-refractivity contribution in [3.8, 4) is 5.88 Å². The summed E-state index contributed by atoms with van der Waals surface area (Å²) in [5, 5.41) is 7.34. The summed E-state index contributed by atoms with van der Waals surface area (Å²) in [6, 6.07) is -0.557. The average Bonchev–Trinajstić information content (AvgIpc) is 2.54. The highest BCUT2D eigenvalue weighted by Crippen LogP contribution is 2.27. The largest absolute Gasteiger partial charge is 0.481 e. The van der Waals surface area contributed by atoms with Crippen LogP contribution < -0.4 is 15.8 Å². The monoisotopic (exact) mass is 240 g/mol. The molecule has 1 unspecified atom stereocenters. The number of carbonyl (C=O) groups is 1. The lowest BCUT2D eigenvalue weighted by atomic mass is 10.1. The summed E-state index contributed by atoms with van der Waals surface area (Å²) in [5.74, 6) is 0.141. The summed E-state index contributed by atoms with van der Waals surface area (Å²) >= 11 is 0. The quantitative estimate of drug-likeness (QED) is 0.747. The third-order valence-corrected chi connectivity index (χ3v) is 2.58. The van der Waals surface area contributed by atoms with Gasteiger partial charge < -0.3 is 15.8 Å². The van der Waals surface area contributed by atoms with Crippen molar-refractivity contribution < 1.29 is 9.53 Å². The van der Waals surface area contributed by atoms with E-state index in [4.69, 9.17) is 10.5 Å². The highest BCUT2D eigenvalue weighted by Gasteiger charge is 2.26. The Hall–Kier alpha value is -1.56. The molecule has 3 N–H and O–H groups in total. The molecule has 6 heteroatoms. The van der Waals surface area contributed by atoms with Crippen molar-refractivity contribution in [1.29, 1.82) is 0 Å². The molecule has 1 amide bonds. The first-order valence-corrected chi connectivity index (χ1v) is 5.63.